The normalized spacial score (nSPS) is 15.5. The number of phenols is 1. The summed E-state index contributed by atoms with van der Waals surface area (Å²) in [6.07, 6.45) is 1.37. The molecule has 0 unspecified atom stereocenters. The summed E-state index contributed by atoms with van der Waals surface area (Å²) in [5.41, 5.74) is 2.27. The highest BCUT2D eigenvalue weighted by Crippen LogP contribution is 2.35. The van der Waals surface area contributed by atoms with Gasteiger partial charge in [-0.2, -0.15) is 0 Å². The van der Waals surface area contributed by atoms with Crippen LogP contribution in [0.1, 0.15) is 16.7 Å². The van der Waals surface area contributed by atoms with E-state index < -0.39 is 11.9 Å². The molecule has 2 aromatic carbocycles. The Bertz CT molecular complexity index is 907. The van der Waals surface area contributed by atoms with Gasteiger partial charge in [0, 0.05) is 16.7 Å². The molecule has 3 rings (SSSR count). The number of halogens is 1. The van der Waals surface area contributed by atoms with E-state index in [1.54, 1.807) is 0 Å². The lowest BCUT2D eigenvalue weighted by atomic mass is 10.1. The van der Waals surface area contributed by atoms with Crippen molar-refractivity contribution in [1.29, 1.82) is 0 Å². The van der Waals surface area contributed by atoms with E-state index in [0.717, 1.165) is 16.0 Å². The van der Waals surface area contributed by atoms with E-state index in [9.17, 15) is 14.7 Å². The molecule has 0 aromatic heterocycles. The molecule has 6 nitrogen and oxygen atoms in total. The van der Waals surface area contributed by atoms with Gasteiger partial charge >= 0.3 is 6.03 Å². The van der Waals surface area contributed by atoms with Gasteiger partial charge < -0.3 is 15.2 Å². The maximum Gasteiger partial charge on any atom is 0.329 e. The molecule has 0 saturated carbocycles. The van der Waals surface area contributed by atoms with Gasteiger partial charge in [-0.3, -0.25) is 9.69 Å². The molecule has 134 valence electrons. The summed E-state index contributed by atoms with van der Waals surface area (Å²) in [7, 11) is 1.40. The van der Waals surface area contributed by atoms with Crippen LogP contribution in [0.4, 0.5) is 4.79 Å². The summed E-state index contributed by atoms with van der Waals surface area (Å²) in [6, 6.07) is 9.99. The van der Waals surface area contributed by atoms with E-state index >= 15 is 0 Å². The Morgan fingerprint density at radius 1 is 1.23 bits per heavy atom. The number of ether oxygens (including phenoxy) is 1. The number of imide groups is 1. The number of aromatic hydroxyl groups is 1. The molecule has 0 bridgehead atoms. The summed E-state index contributed by atoms with van der Waals surface area (Å²) < 4.78 is 5.04. The first-order valence-electron chi connectivity index (χ1n) is 7.85. The van der Waals surface area contributed by atoms with Crippen LogP contribution >= 0.6 is 11.6 Å². The number of benzene rings is 2. The van der Waals surface area contributed by atoms with Crippen molar-refractivity contribution in [3.8, 4) is 11.5 Å². The van der Waals surface area contributed by atoms with Gasteiger partial charge in [-0.05, 0) is 24.6 Å². The van der Waals surface area contributed by atoms with Gasteiger partial charge in [0.25, 0.3) is 5.91 Å². The zero-order valence-electron chi connectivity index (χ0n) is 14.2. The third-order valence-corrected chi connectivity index (χ3v) is 4.23. The van der Waals surface area contributed by atoms with Crippen molar-refractivity contribution in [3.05, 3.63) is 63.8 Å². The van der Waals surface area contributed by atoms with Crippen LogP contribution in [-0.4, -0.2) is 29.1 Å². The number of aryl methyl sites for hydroxylation is 1. The van der Waals surface area contributed by atoms with Crippen LogP contribution in [0.5, 0.6) is 11.5 Å². The molecule has 1 heterocycles. The maximum absolute atomic E-state index is 12.6. The van der Waals surface area contributed by atoms with Gasteiger partial charge in [-0.15, -0.1) is 0 Å². The Hall–Kier alpha value is -2.99. The molecule has 26 heavy (non-hydrogen) atoms. The summed E-state index contributed by atoms with van der Waals surface area (Å²) >= 11 is 6.00. The van der Waals surface area contributed by atoms with Crippen LogP contribution in [0.2, 0.25) is 5.02 Å². The molecule has 1 aliphatic heterocycles. The molecule has 0 spiro atoms. The second-order valence-electron chi connectivity index (χ2n) is 5.91. The molecule has 0 aliphatic carbocycles. The van der Waals surface area contributed by atoms with Gasteiger partial charge in [0.05, 0.1) is 13.7 Å². The van der Waals surface area contributed by atoms with Gasteiger partial charge in [-0.1, -0.05) is 41.4 Å². The molecule has 2 aromatic rings. The third-order valence-electron chi connectivity index (χ3n) is 4.01. The molecule has 0 radical (unpaired) electrons. The second-order valence-corrected chi connectivity index (χ2v) is 6.35. The predicted molar refractivity (Wildman–Crippen MR) is 97.9 cm³/mol. The monoisotopic (exact) mass is 372 g/mol. The topological polar surface area (TPSA) is 78.9 Å². The smallest absolute Gasteiger partial charge is 0.329 e. The number of amides is 3. The average Bonchev–Trinajstić information content (AvgIpc) is 2.87. The number of carbonyl (C=O) groups is 2. The van der Waals surface area contributed by atoms with Gasteiger partial charge in [0.15, 0.2) is 11.5 Å². The van der Waals surface area contributed by atoms with Crippen molar-refractivity contribution in [3.63, 3.8) is 0 Å². The van der Waals surface area contributed by atoms with E-state index in [2.05, 4.69) is 5.32 Å². The fraction of sp³-hybridized carbons (Fsp3) is 0.158. The lowest BCUT2D eigenvalue weighted by molar-refractivity contribution is -0.123. The SMILES string of the molecule is COc1cc(Cl)cc(/C=C2/NC(=O)N(Cc3ccc(C)cc3)C2=O)c1O. The van der Waals surface area contributed by atoms with Gasteiger partial charge in [0.2, 0.25) is 0 Å². The minimum atomic E-state index is -0.518. The number of nitrogens with zero attached hydrogens (tertiary/aromatic N) is 1. The number of nitrogens with one attached hydrogen (secondary N) is 1. The molecule has 1 fully saturated rings. The summed E-state index contributed by atoms with van der Waals surface area (Å²) in [5, 5.41) is 13.0. The average molecular weight is 373 g/mol. The number of methoxy groups -OCH3 is 1. The first-order valence-corrected chi connectivity index (χ1v) is 8.23. The standard InChI is InChI=1S/C19H17ClN2O4/c1-11-3-5-12(6-4-11)10-22-18(24)15(21-19(22)25)8-13-7-14(20)9-16(26-2)17(13)23/h3-9,23H,10H2,1-2H3,(H,21,25)/b15-8+. The Labute approximate surface area is 155 Å². The van der Waals surface area contributed by atoms with E-state index in [0.29, 0.717) is 5.02 Å². The van der Waals surface area contributed by atoms with Crippen LogP contribution in [0.15, 0.2) is 42.1 Å². The fourth-order valence-corrected chi connectivity index (χ4v) is 2.82. The van der Waals surface area contributed by atoms with Gasteiger partial charge in [-0.25, -0.2) is 4.79 Å². The fourth-order valence-electron chi connectivity index (χ4n) is 2.61. The number of hydrogen-bond donors (Lipinski definition) is 2. The number of carbonyl (C=O) groups excluding carboxylic acids is 2. The first-order chi connectivity index (χ1) is 12.4. The van der Waals surface area contributed by atoms with E-state index in [-0.39, 0.29) is 29.3 Å². The Morgan fingerprint density at radius 2 is 1.92 bits per heavy atom. The maximum atomic E-state index is 12.6. The summed E-state index contributed by atoms with van der Waals surface area (Å²) in [6.45, 7) is 2.12. The van der Waals surface area contributed by atoms with Crippen molar-refractivity contribution in [2.75, 3.05) is 7.11 Å². The minimum Gasteiger partial charge on any atom is -0.504 e. The zero-order chi connectivity index (χ0) is 18.8. The highest BCUT2D eigenvalue weighted by Gasteiger charge is 2.33. The lowest BCUT2D eigenvalue weighted by Crippen LogP contribution is -2.30. The summed E-state index contributed by atoms with van der Waals surface area (Å²) in [4.78, 5) is 25.8. The van der Waals surface area contributed by atoms with Crippen molar-refractivity contribution in [2.45, 2.75) is 13.5 Å². The largest absolute Gasteiger partial charge is 0.504 e. The number of hydrogen-bond acceptors (Lipinski definition) is 4. The van der Waals surface area contributed by atoms with Crippen molar-refractivity contribution >= 4 is 29.6 Å². The lowest BCUT2D eigenvalue weighted by Gasteiger charge is -2.12. The van der Waals surface area contributed by atoms with Crippen LogP contribution in [0.3, 0.4) is 0 Å². The van der Waals surface area contributed by atoms with E-state index in [1.165, 1.54) is 25.3 Å². The van der Waals surface area contributed by atoms with Crippen LogP contribution in [0, 0.1) is 6.92 Å². The molecule has 7 heteroatoms. The quantitative estimate of drug-likeness (QED) is 0.636. The second kappa shape index (κ2) is 7.09. The number of phenolic OH excluding ortho intramolecular Hbond substituents is 1. The number of urea groups is 1. The van der Waals surface area contributed by atoms with Crippen molar-refractivity contribution in [1.82, 2.24) is 10.2 Å². The molecule has 1 saturated heterocycles. The molecule has 2 N–H and O–H groups in total. The van der Waals surface area contributed by atoms with Crippen LogP contribution < -0.4 is 10.1 Å². The Kier molecular flexibility index (Phi) is 4.86. The summed E-state index contributed by atoms with van der Waals surface area (Å²) in [5.74, 6) is -0.463. The Morgan fingerprint density at radius 3 is 2.58 bits per heavy atom. The van der Waals surface area contributed by atoms with Crippen LogP contribution in [-0.2, 0) is 11.3 Å². The van der Waals surface area contributed by atoms with Gasteiger partial charge in [0.1, 0.15) is 5.70 Å². The van der Waals surface area contributed by atoms with Crippen molar-refractivity contribution < 1.29 is 19.4 Å². The highest BCUT2D eigenvalue weighted by atomic mass is 35.5. The highest BCUT2D eigenvalue weighted by molar-refractivity contribution is 6.31. The molecule has 3 amide bonds. The van der Waals surface area contributed by atoms with E-state index in [1.807, 2.05) is 31.2 Å². The van der Waals surface area contributed by atoms with E-state index in [4.69, 9.17) is 16.3 Å². The number of rotatable bonds is 4. The Balaban J connectivity index is 1.88. The minimum absolute atomic E-state index is 0.0572. The molecule has 0 atom stereocenters. The molecular weight excluding hydrogens is 356 g/mol. The molecular formula is C19H17ClN2O4. The predicted octanol–water partition coefficient (Wildman–Crippen LogP) is 3.46. The molecule has 1 aliphatic rings. The van der Waals surface area contributed by atoms with Crippen LogP contribution in [0.25, 0.3) is 6.08 Å². The first kappa shape index (κ1) is 17.8. The van der Waals surface area contributed by atoms with Crippen molar-refractivity contribution in [2.24, 2.45) is 0 Å². The zero-order valence-corrected chi connectivity index (χ0v) is 15.0. The third kappa shape index (κ3) is 3.50.